The fourth-order valence-corrected chi connectivity index (χ4v) is 7.44. The summed E-state index contributed by atoms with van der Waals surface area (Å²) < 4.78 is 0. The Kier molecular flexibility index (Phi) is 7.69. The number of aromatic hydroxyl groups is 1. The van der Waals surface area contributed by atoms with Gasteiger partial charge in [-0.3, -0.25) is 14.5 Å². The van der Waals surface area contributed by atoms with Crippen LogP contribution in [0.4, 0.5) is 0 Å². The number of aliphatic hydroxyl groups is 4. The number of allylic oxidation sites excluding steroid dienone is 1. The lowest BCUT2D eigenvalue weighted by molar-refractivity contribution is -0.203. The number of rotatable bonds is 7. The van der Waals surface area contributed by atoms with Crippen molar-refractivity contribution in [2.45, 2.75) is 44.6 Å². The molecule has 1 saturated carbocycles. The van der Waals surface area contributed by atoms with Crippen molar-refractivity contribution in [3.8, 4) is 16.9 Å². The first kappa shape index (κ1) is 29.8. The van der Waals surface area contributed by atoms with Crippen LogP contribution in [0.15, 0.2) is 53.3 Å². The Bertz CT molecular complexity index is 1510. The van der Waals surface area contributed by atoms with Gasteiger partial charge in [-0.25, -0.2) is 0 Å². The molecule has 0 heterocycles. The molecule has 10 nitrogen and oxygen atoms in total. The normalized spacial score (nSPS) is 25.0. The highest BCUT2D eigenvalue weighted by Gasteiger charge is 2.62. The van der Waals surface area contributed by atoms with Crippen LogP contribution in [-0.4, -0.2) is 86.5 Å². The van der Waals surface area contributed by atoms with Gasteiger partial charge >= 0.3 is 0 Å². The van der Waals surface area contributed by atoms with Gasteiger partial charge in [-0.05, 0) is 93.2 Å². The molecule has 0 bridgehead atoms. The van der Waals surface area contributed by atoms with Crippen molar-refractivity contribution in [1.82, 2.24) is 9.80 Å². The Hall–Kier alpha value is -3.70. The zero-order valence-electron chi connectivity index (χ0n) is 24.3. The van der Waals surface area contributed by atoms with E-state index < -0.39 is 58.4 Å². The van der Waals surface area contributed by atoms with Gasteiger partial charge in [-0.2, -0.15) is 0 Å². The first-order valence-electron chi connectivity index (χ1n) is 14.2. The van der Waals surface area contributed by atoms with E-state index in [9.17, 15) is 35.1 Å². The van der Waals surface area contributed by atoms with E-state index in [1.54, 1.807) is 25.1 Å². The second-order valence-electron chi connectivity index (χ2n) is 12.1. The van der Waals surface area contributed by atoms with Gasteiger partial charge < -0.3 is 36.2 Å². The average molecular weight is 578 g/mol. The molecule has 0 aliphatic heterocycles. The van der Waals surface area contributed by atoms with Crippen LogP contribution in [0, 0.1) is 17.8 Å². The summed E-state index contributed by atoms with van der Waals surface area (Å²) in [4.78, 5) is 30.1. The summed E-state index contributed by atoms with van der Waals surface area (Å²) in [6.45, 7) is 3.85. The number of likely N-dealkylation sites (N-methyl/N-ethyl adjacent to an activating group) is 1. The van der Waals surface area contributed by atoms with Crippen LogP contribution in [0.25, 0.3) is 16.9 Å². The average Bonchev–Trinajstić information content (AvgIpc) is 2.87. The SMILES string of the molecule is CCCN(C)Cc1cccc(-c2ccc(O)c3c2CC2CC4C(C(=O)C2=C3O)C(O)(O)C(C(N)=O)=C(O)[C@H]4N(C)C)c1. The second-order valence-corrected chi connectivity index (χ2v) is 12.1. The predicted molar refractivity (Wildman–Crippen MR) is 157 cm³/mol. The second kappa shape index (κ2) is 10.9. The molecule has 7 N–H and O–H groups in total. The van der Waals surface area contributed by atoms with Crippen molar-refractivity contribution in [3.63, 3.8) is 0 Å². The molecule has 10 heteroatoms. The van der Waals surface area contributed by atoms with Gasteiger partial charge in [0.25, 0.3) is 5.91 Å². The molecule has 1 fully saturated rings. The van der Waals surface area contributed by atoms with Gasteiger partial charge in [0.05, 0.1) is 17.5 Å². The van der Waals surface area contributed by atoms with Gasteiger partial charge in [-0.15, -0.1) is 0 Å². The lowest BCUT2D eigenvalue weighted by atomic mass is 9.57. The van der Waals surface area contributed by atoms with Crippen molar-refractivity contribution in [2.24, 2.45) is 23.5 Å². The maximum Gasteiger partial charge on any atom is 0.253 e. The van der Waals surface area contributed by atoms with E-state index >= 15 is 0 Å². The minimum absolute atomic E-state index is 0.0265. The first-order valence-corrected chi connectivity index (χ1v) is 14.2. The monoisotopic (exact) mass is 577 g/mol. The third kappa shape index (κ3) is 4.68. The fraction of sp³-hybridized carbons (Fsp3) is 0.438. The number of ketones is 1. The molecule has 224 valence electrons. The Morgan fingerprint density at radius 2 is 1.81 bits per heavy atom. The van der Waals surface area contributed by atoms with Gasteiger partial charge in [0.15, 0.2) is 5.78 Å². The zero-order chi connectivity index (χ0) is 30.7. The van der Waals surface area contributed by atoms with E-state index in [0.717, 1.165) is 36.2 Å². The minimum atomic E-state index is -3.04. The van der Waals surface area contributed by atoms with Crippen molar-refractivity contribution >= 4 is 17.4 Å². The molecule has 0 aromatic heterocycles. The van der Waals surface area contributed by atoms with E-state index in [-0.39, 0.29) is 23.3 Å². The number of primary amides is 1. The molecular formula is C32H39N3O7. The Morgan fingerprint density at radius 3 is 2.45 bits per heavy atom. The van der Waals surface area contributed by atoms with E-state index in [0.29, 0.717) is 12.0 Å². The van der Waals surface area contributed by atoms with Crippen molar-refractivity contribution in [2.75, 3.05) is 27.7 Å². The zero-order valence-corrected chi connectivity index (χ0v) is 24.3. The number of nitrogens with zero attached hydrogens (tertiary/aromatic N) is 2. The van der Waals surface area contributed by atoms with Crippen LogP contribution in [0.1, 0.15) is 36.5 Å². The molecule has 3 aliphatic rings. The van der Waals surface area contributed by atoms with Gasteiger partial charge in [0, 0.05) is 12.1 Å². The molecule has 2 aromatic rings. The van der Waals surface area contributed by atoms with E-state index in [1.807, 2.05) is 12.1 Å². The first-order chi connectivity index (χ1) is 19.8. The number of Topliss-reactive ketones (excluding diaryl/α,β-unsaturated/α-hetero) is 1. The number of hydrogen-bond donors (Lipinski definition) is 6. The standard InChI is InChI=1S/C32H39N3O7/c1-5-11-35(4)15-16-7-6-8-17(12-16)19-9-10-22(36)24-20(19)13-18-14-21-25(29(38)23(18)28(24)37)32(41,42)26(31(33)40)30(39)27(21)34(2)3/h6-10,12,18,21,25,27,36-37,39,41-42H,5,11,13-15H2,1-4H3,(H2,33,40)/t18?,21?,25?,27-/m0/s1. The number of amides is 1. The highest BCUT2D eigenvalue weighted by molar-refractivity contribution is 6.08. The van der Waals surface area contributed by atoms with Crippen LogP contribution in [0.2, 0.25) is 0 Å². The molecule has 0 spiro atoms. The summed E-state index contributed by atoms with van der Waals surface area (Å²) in [5.74, 6) is -9.15. The predicted octanol–water partition coefficient (Wildman–Crippen LogP) is 2.47. The van der Waals surface area contributed by atoms with E-state index in [4.69, 9.17) is 5.73 Å². The molecule has 1 amide bonds. The number of phenolic OH excluding ortho intramolecular Hbond substituents is 1. The largest absolute Gasteiger partial charge is 0.510 e. The van der Waals surface area contributed by atoms with Crippen LogP contribution >= 0.6 is 0 Å². The summed E-state index contributed by atoms with van der Waals surface area (Å²) in [6, 6.07) is 10.5. The lowest BCUT2D eigenvalue weighted by Crippen LogP contribution is -2.62. The van der Waals surface area contributed by atoms with Crippen molar-refractivity contribution < 1.29 is 35.1 Å². The number of aliphatic hydroxyl groups excluding tert-OH is 2. The van der Waals surface area contributed by atoms with Crippen LogP contribution in [-0.2, 0) is 22.6 Å². The topological polar surface area (TPSA) is 168 Å². The van der Waals surface area contributed by atoms with E-state index in [1.165, 1.54) is 6.07 Å². The molecule has 0 saturated heterocycles. The molecule has 4 atom stereocenters. The molecule has 42 heavy (non-hydrogen) atoms. The number of carbonyl (C=O) groups is 2. The quantitative estimate of drug-likeness (QED) is 0.271. The Labute approximate surface area is 245 Å². The lowest BCUT2D eigenvalue weighted by Gasteiger charge is -2.51. The van der Waals surface area contributed by atoms with Crippen molar-refractivity contribution in [3.05, 3.63) is 70.0 Å². The maximum atomic E-state index is 14.0. The van der Waals surface area contributed by atoms with Crippen LogP contribution < -0.4 is 5.73 Å². The molecule has 2 aromatic carbocycles. The van der Waals surface area contributed by atoms with Gasteiger partial charge in [0.2, 0.25) is 5.79 Å². The fourth-order valence-electron chi connectivity index (χ4n) is 7.44. The number of phenols is 1. The molecule has 5 rings (SSSR count). The summed E-state index contributed by atoms with van der Waals surface area (Å²) in [7, 11) is 5.38. The smallest absolute Gasteiger partial charge is 0.253 e. The van der Waals surface area contributed by atoms with Crippen LogP contribution in [0.5, 0.6) is 5.75 Å². The summed E-state index contributed by atoms with van der Waals surface area (Å²) >= 11 is 0. The molecular weight excluding hydrogens is 538 g/mol. The molecule has 3 aliphatic carbocycles. The highest BCUT2D eigenvalue weighted by atomic mass is 16.5. The third-order valence-electron chi connectivity index (χ3n) is 9.02. The maximum absolute atomic E-state index is 14.0. The van der Waals surface area contributed by atoms with E-state index in [2.05, 4.69) is 31.0 Å². The highest BCUT2D eigenvalue weighted by Crippen LogP contribution is 2.54. The molecule has 3 unspecified atom stereocenters. The number of hydrogen-bond acceptors (Lipinski definition) is 9. The van der Waals surface area contributed by atoms with Gasteiger partial charge in [0.1, 0.15) is 22.8 Å². The summed E-state index contributed by atoms with van der Waals surface area (Å²) in [6.07, 6.45) is 1.54. The van der Waals surface area contributed by atoms with Crippen LogP contribution in [0.3, 0.4) is 0 Å². The number of carbonyl (C=O) groups excluding carboxylic acids is 2. The van der Waals surface area contributed by atoms with Crippen molar-refractivity contribution in [1.29, 1.82) is 0 Å². The summed E-state index contributed by atoms with van der Waals surface area (Å²) in [5.41, 5.74) is 8.21. The number of benzene rings is 2. The molecule has 0 radical (unpaired) electrons. The van der Waals surface area contributed by atoms with Gasteiger partial charge in [-0.1, -0.05) is 31.2 Å². The Morgan fingerprint density at radius 1 is 1.10 bits per heavy atom. The number of nitrogens with two attached hydrogens (primary N) is 1. The minimum Gasteiger partial charge on any atom is -0.510 e. The number of fused-ring (bicyclic) bond motifs is 3. The summed E-state index contributed by atoms with van der Waals surface area (Å²) in [5, 5.41) is 55.7. The Balaban J connectivity index is 1.63. The third-order valence-corrected chi connectivity index (χ3v) is 9.02.